The van der Waals surface area contributed by atoms with Crippen molar-refractivity contribution in [3.63, 3.8) is 0 Å². The van der Waals surface area contributed by atoms with Crippen molar-refractivity contribution in [3.8, 4) is 0 Å². The van der Waals surface area contributed by atoms with Crippen LogP contribution in [0.2, 0.25) is 0 Å². The van der Waals surface area contributed by atoms with Crippen LogP contribution in [-0.4, -0.2) is 103 Å². The molecule has 0 aliphatic carbocycles. The van der Waals surface area contributed by atoms with E-state index >= 15 is 0 Å². The Hall–Kier alpha value is -2.79. The average molecular weight is 528 g/mol. The van der Waals surface area contributed by atoms with Gasteiger partial charge in [0.2, 0.25) is 0 Å². The number of quaternary nitrogens is 2. The van der Waals surface area contributed by atoms with Crippen LogP contribution in [0.3, 0.4) is 0 Å². The third-order valence-corrected chi connectivity index (χ3v) is 2.35. The predicted molar refractivity (Wildman–Crippen MR) is 78.1 cm³/mol. The second kappa shape index (κ2) is 21.1. The van der Waals surface area contributed by atoms with E-state index in [0.29, 0.717) is 0 Å². The monoisotopic (exact) mass is 528 g/mol. The molecule has 0 fully saturated rings. The molecule has 190 valence electrons. The van der Waals surface area contributed by atoms with Crippen LogP contribution in [0.5, 0.6) is 0 Å². The Bertz CT molecular complexity index is 504. The van der Waals surface area contributed by atoms with Gasteiger partial charge in [-0.05, 0) is 0 Å². The standard InChI is InChI=1S/3C4H6O6.2H3N.Ti/c3*5-1(3(7)8)2(6)4(9)10;;;/h3*1-2,5-6H,(H,7,8)(H,9,10);2*1H3;/q;;;;;+4/p-4. The summed E-state index contributed by atoms with van der Waals surface area (Å²) in [6.45, 7) is 0. The van der Waals surface area contributed by atoms with Gasteiger partial charge in [0, 0.05) is 0 Å². The zero-order chi connectivity index (χ0) is 24.9. The summed E-state index contributed by atoms with van der Waals surface area (Å²) in [5.74, 6) is -12.4. The van der Waals surface area contributed by atoms with Gasteiger partial charge in [-0.3, -0.25) is 0 Å². The summed E-state index contributed by atoms with van der Waals surface area (Å²) >= 11 is 0. The molecule has 0 aliphatic rings. The van der Waals surface area contributed by atoms with Crippen LogP contribution in [0, 0.1) is 0 Å². The molecule has 0 saturated carbocycles. The van der Waals surface area contributed by atoms with Crippen molar-refractivity contribution >= 4 is 35.8 Å². The van der Waals surface area contributed by atoms with E-state index in [4.69, 9.17) is 30.6 Å². The van der Waals surface area contributed by atoms with E-state index in [1.54, 1.807) is 0 Å². The van der Waals surface area contributed by atoms with Crippen molar-refractivity contribution in [2.75, 3.05) is 0 Å². The Kier molecular flexibility index (Phi) is 28.1. The van der Waals surface area contributed by atoms with Gasteiger partial charge in [0.1, 0.15) is 36.6 Å². The van der Waals surface area contributed by atoms with Gasteiger partial charge in [-0.15, -0.1) is 0 Å². The second-order valence-electron chi connectivity index (χ2n) is 4.58. The third-order valence-electron chi connectivity index (χ3n) is 2.35. The number of carboxylic acid groups (broad SMARTS) is 6. The Morgan fingerprint density at radius 3 is 0.455 bits per heavy atom. The molecule has 0 amide bonds. The largest absolute Gasteiger partial charge is 4.00 e. The molecule has 0 aromatic rings. The fourth-order valence-corrected chi connectivity index (χ4v) is 0.773. The van der Waals surface area contributed by atoms with Gasteiger partial charge in [-0.25, -0.2) is 0 Å². The number of carbonyl (C=O) groups is 6. The molecule has 6 atom stereocenters. The first-order valence-corrected chi connectivity index (χ1v) is 6.73. The first-order chi connectivity index (χ1) is 13.4. The van der Waals surface area contributed by atoms with Crippen molar-refractivity contribution in [1.29, 1.82) is 0 Å². The first-order valence-electron chi connectivity index (χ1n) is 6.73. The van der Waals surface area contributed by atoms with Crippen LogP contribution in [0.4, 0.5) is 0 Å². The second-order valence-corrected chi connectivity index (χ2v) is 4.58. The molecular formula is C12H20N2O18Ti. The van der Waals surface area contributed by atoms with Gasteiger partial charge in [-0.2, -0.15) is 0 Å². The topological polar surface area (TPSA) is 435 Å². The van der Waals surface area contributed by atoms with Gasteiger partial charge >= 0.3 is 21.7 Å². The quantitative estimate of drug-likeness (QED) is 0.129. The zero-order valence-electron chi connectivity index (χ0n) is 16.5. The summed E-state index contributed by atoms with van der Waals surface area (Å²) in [6.07, 6.45) is -14.6. The zero-order valence-corrected chi connectivity index (χ0v) is 18.1. The molecule has 0 rings (SSSR count). The molecule has 0 aromatic carbocycles. The predicted octanol–water partition coefficient (Wildman–Crippen LogP) is -13.6. The van der Waals surface area contributed by atoms with E-state index in [2.05, 4.69) is 0 Å². The molecule has 0 aliphatic heterocycles. The van der Waals surface area contributed by atoms with Crippen LogP contribution in [0.15, 0.2) is 0 Å². The minimum absolute atomic E-state index is 0. The normalized spacial score (nSPS) is 14.4. The Balaban J connectivity index is -0.0000000792. The van der Waals surface area contributed by atoms with Crippen LogP contribution < -0.4 is 42.9 Å². The first kappa shape index (κ1) is 44.0. The number of carbonyl (C=O) groups excluding carboxylic acids is 6. The molecule has 0 spiro atoms. The van der Waals surface area contributed by atoms with Gasteiger partial charge in [0.15, 0.2) is 0 Å². The molecule has 0 bridgehead atoms. The molecular weight excluding hydrogens is 508 g/mol. The molecule has 0 radical (unpaired) electrons. The number of hydrogen-bond donors (Lipinski definition) is 8. The Morgan fingerprint density at radius 2 is 0.424 bits per heavy atom. The van der Waals surface area contributed by atoms with Crippen LogP contribution in [-0.2, 0) is 50.5 Å². The van der Waals surface area contributed by atoms with Gasteiger partial charge in [0.05, 0.1) is 35.8 Å². The summed E-state index contributed by atoms with van der Waals surface area (Å²) in [4.78, 5) is 57.8. The van der Waals surface area contributed by atoms with Crippen LogP contribution in [0.25, 0.3) is 0 Å². The molecule has 6 unspecified atom stereocenters. The van der Waals surface area contributed by atoms with Crippen molar-refractivity contribution in [2.45, 2.75) is 36.6 Å². The summed E-state index contributed by atoms with van der Waals surface area (Å²) in [5, 5.41) is 107. The summed E-state index contributed by atoms with van der Waals surface area (Å²) < 4.78 is 0. The average Bonchev–Trinajstić information content (AvgIpc) is 2.64. The van der Waals surface area contributed by atoms with Crippen molar-refractivity contribution in [2.24, 2.45) is 0 Å². The smallest absolute Gasteiger partial charge is 0.547 e. The minimum atomic E-state index is -2.44. The number of hydrogen-bond acceptors (Lipinski definition) is 18. The molecule has 0 heterocycles. The van der Waals surface area contributed by atoms with E-state index in [0.717, 1.165) is 0 Å². The molecule has 14 N–H and O–H groups in total. The Labute approximate surface area is 197 Å². The van der Waals surface area contributed by atoms with E-state index in [1.165, 1.54) is 0 Å². The molecule has 20 nitrogen and oxygen atoms in total. The van der Waals surface area contributed by atoms with E-state index in [1.807, 2.05) is 0 Å². The maximum atomic E-state index is 9.63. The molecule has 33 heavy (non-hydrogen) atoms. The number of rotatable bonds is 9. The summed E-state index contributed by atoms with van der Waals surface area (Å²) in [7, 11) is 0. The summed E-state index contributed by atoms with van der Waals surface area (Å²) in [6, 6.07) is 0. The van der Waals surface area contributed by atoms with Crippen molar-refractivity contribution in [3.05, 3.63) is 0 Å². The molecule has 0 saturated heterocycles. The number of carboxylic acids is 6. The number of aliphatic hydroxyl groups is 6. The number of aliphatic carboxylic acids is 6. The van der Waals surface area contributed by atoms with Crippen molar-refractivity contribution < 1.29 is 112 Å². The SMILES string of the molecule is O=C([O-])C(O)C(O)C(=O)[O-].O=C([O-])C(O)C(O)C(=O)[O-].O=C([O-])C(O)C(O)C(=O)[O-].[NH4+].[NH4+].[Ti+4]. The van der Waals surface area contributed by atoms with Crippen molar-refractivity contribution in [1.82, 2.24) is 12.3 Å². The third kappa shape index (κ3) is 19.6. The number of aliphatic hydroxyl groups excluding tert-OH is 6. The molecule has 0 aromatic heterocycles. The van der Waals surface area contributed by atoms with Gasteiger partial charge in [0.25, 0.3) is 0 Å². The van der Waals surface area contributed by atoms with E-state index in [-0.39, 0.29) is 34.0 Å². The fraction of sp³-hybridized carbons (Fsp3) is 0.500. The summed E-state index contributed by atoms with van der Waals surface area (Å²) in [5.41, 5.74) is 0. The molecule has 21 heteroatoms. The fourth-order valence-electron chi connectivity index (χ4n) is 0.773. The maximum Gasteiger partial charge on any atom is 4.00 e. The van der Waals surface area contributed by atoms with E-state index in [9.17, 15) is 59.4 Å². The Morgan fingerprint density at radius 1 is 0.364 bits per heavy atom. The van der Waals surface area contributed by atoms with Gasteiger partial charge < -0.3 is 102 Å². The van der Waals surface area contributed by atoms with Crippen LogP contribution >= 0.6 is 0 Å². The van der Waals surface area contributed by atoms with E-state index < -0.39 is 72.4 Å². The van der Waals surface area contributed by atoms with Gasteiger partial charge in [-0.1, -0.05) is 0 Å². The van der Waals surface area contributed by atoms with Crippen LogP contribution in [0.1, 0.15) is 0 Å². The maximum absolute atomic E-state index is 9.63. The minimum Gasteiger partial charge on any atom is -0.547 e.